The molecule has 0 aliphatic carbocycles. The molecule has 1 aromatic carbocycles. The second-order valence-electron chi connectivity index (χ2n) is 5.55. The van der Waals surface area contributed by atoms with Gasteiger partial charge in [-0.3, -0.25) is 4.79 Å². The normalized spacial score (nSPS) is 11.6. The van der Waals surface area contributed by atoms with Crippen LogP contribution < -0.4 is 4.50 Å². The van der Waals surface area contributed by atoms with Crippen molar-refractivity contribution in [3.8, 4) is 10.4 Å². The van der Waals surface area contributed by atoms with Crippen molar-refractivity contribution in [2.45, 2.75) is 26.6 Å². The highest BCUT2D eigenvalue weighted by Crippen LogP contribution is 2.25. The topological polar surface area (TPSA) is 17.1 Å². The number of carbonyl (C=O) groups is 1. The average Bonchev–Trinajstić information content (AvgIpc) is 2.78. The first-order valence-corrected chi connectivity index (χ1v) is 10.4. The highest BCUT2D eigenvalue weighted by atomic mass is 32.1. The molecule has 94 valence electrons. The molecule has 0 unspecified atom stereocenters. The Bertz CT molecular complexity index is 561. The lowest BCUT2D eigenvalue weighted by Crippen LogP contribution is -2.34. The van der Waals surface area contributed by atoms with Gasteiger partial charge in [0.25, 0.3) is 0 Å². The van der Waals surface area contributed by atoms with Gasteiger partial charge in [0, 0.05) is 10.4 Å². The molecule has 2 rings (SSSR count). The minimum atomic E-state index is -1.21. The molecule has 1 heterocycles. The Morgan fingerprint density at radius 3 is 2.06 bits per heavy atom. The Hall–Kier alpha value is -1.19. The minimum Gasteiger partial charge on any atom is -0.295 e. The molecule has 0 atom stereocenters. The van der Waals surface area contributed by atoms with Gasteiger partial charge in [-0.2, -0.15) is 0 Å². The van der Waals surface area contributed by atoms with Crippen LogP contribution in [0.15, 0.2) is 36.4 Å². The van der Waals surface area contributed by atoms with Crippen LogP contribution in [-0.2, 0) is 0 Å². The molecule has 0 saturated carbocycles. The van der Waals surface area contributed by atoms with Crippen LogP contribution in [-0.4, -0.2) is 13.9 Å². The largest absolute Gasteiger partial charge is 0.295 e. The van der Waals surface area contributed by atoms with Crippen molar-refractivity contribution in [2.24, 2.45) is 0 Å². The number of thiophene rings is 1. The Balaban J connectivity index is 2.32. The molecule has 18 heavy (non-hydrogen) atoms. The van der Waals surface area contributed by atoms with Crippen LogP contribution in [0.4, 0.5) is 0 Å². The summed E-state index contributed by atoms with van der Waals surface area (Å²) in [4.78, 5) is 12.5. The lowest BCUT2D eigenvalue weighted by atomic mass is 10.1. The van der Waals surface area contributed by atoms with Crippen molar-refractivity contribution < 1.29 is 4.79 Å². The Morgan fingerprint density at radius 2 is 1.61 bits per heavy atom. The molecule has 1 nitrogen and oxygen atoms in total. The third kappa shape index (κ3) is 2.79. The van der Waals surface area contributed by atoms with Gasteiger partial charge in [-0.25, -0.2) is 0 Å². The van der Waals surface area contributed by atoms with Crippen LogP contribution in [0.25, 0.3) is 10.4 Å². The molecule has 0 saturated heterocycles. The zero-order valence-corrected chi connectivity index (χ0v) is 13.1. The second kappa shape index (κ2) is 4.82. The summed E-state index contributed by atoms with van der Waals surface area (Å²) in [5, 5.41) is 0. The molecular weight excluding hydrogens is 256 g/mol. The van der Waals surface area contributed by atoms with E-state index in [2.05, 4.69) is 31.8 Å². The fraction of sp³-hybridized carbons (Fsp3) is 0.267. The van der Waals surface area contributed by atoms with E-state index in [1.165, 1.54) is 14.9 Å². The van der Waals surface area contributed by atoms with Gasteiger partial charge >= 0.3 is 0 Å². The van der Waals surface area contributed by atoms with E-state index >= 15 is 0 Å². The van der Waals surface area contributed by atoms with E-state index in [1.807, 2.05) is 35.6 Å². The summed E-state index contributed by atoms with van der Waals surface area (Å²) in [5.41, 5.74) is 1.98. The van der Waals surface area contributed by atoms with Gasteiger partial charge in [0.15, 0.2) is 5.78 Å². The molecule has 0 fully saturated rings. The Labute approximate surface area is 113 Å². The van der Waals surface area contributed by atoms with E-state index < -0.39 is 8.07 Å². The second-order valence-corrected chi connectivity index (χ2v) is 12.0. The third-order valence-electron chi connectivity index (χ3n) is 2.92. The number of hydrogen-bond donors (Lipinski definition) is 0. The highest BCUT2D eigenvalue weighted by Gasteiger charge is 2.18. The zero-order valence-electron chi connectivity index (χ0n) is 11.3. The molecule has 0 bridgehead atoms. The quantitative estimate of drug-likeness (QED) is 0.606. The summed E-state index contributed by atoms with van der Waals surface area (Å²) in [6, 6.07) is 12.3. The standard InChI is InChI=1S/C15H18OSSi/c1-11(16)12-5-7-13(8-6-12)14-9-10-15(17-14)18(2,3)4/h5-10H,1-4H3. The van der Waals surface area contributed by atoms with Gasteiger partial charge in [-0.15, -0.1) is 11.3 Å². The average molecular weight is 274 g/mol. The highest BCUT2D eigenvalue weighted by molar-refractivity contribution is 7.28. The maximum Gasteiger partial charge on any atom is 0.159 e. The number of carbonyl (C=O) groups excluding carboxylic acids is 1. The van der Waals surface area contributed by atoms with Crippen LogP contribution >= 0.6 is 11.3 Å². The molecule has 2 aromatic rings. The lowest BCUT2D eigenvalue weighted by Gasteiger charge is -2.12. The van der Waals surface area contributed by atoms with E-state index in [9.17, 15) is 4.79 Å². The van der Waals surface area contributed by atoms with Crippen LogP contribution in [0.2, 0.25) is 19.6 Å². The summed E-state index contributed by atoms with van der Waals surface area (Å²) in [7, 11) is -1.21. The molecule has 1 aromatic heterocycles. The SMILES string of the molecule is CC(=O)c1ccc(-c2ccc([Si](C)(C)C)s2)cc1. The van der Waals surface area contributed by atoms with E-state index in [1.54, 1.807) is 6.92 Å². The van der Waals surface area contributed by atoms with Crippen molar-refractivity contribution in [1.82, 2.24) is 0 Å². The summed E-state index contributed by atoms with van der Waals surface area (Å²) in [5.74, 6) is 0.121. The predicted molar refractivity (Wildman–Crippen MR) is 82.7 cm³/mol. The summed E-state index contributed by atoms with van der Waals surface area (Å²) < 4.78 is 1.52. The van der Waals surface area contributed by atoms with E-state index in [-0.39, 0.29) is 5.78 Å². The molecule has 0 N–H and O–H groups in total. The number of hydrogen-bond acceptors (Lipinski definition) is 2. The lowest BCUT2D eigenvalue weighted by molar-refractivity contribution is 0.101. The first-order valence-electron chi connectivity index (χ1n) is 6.09. The van der Waals surface area contributed by atoms with Crippen LogP contribution in [0.5, 0.6) is 0 Å². The van der Waals surface area contributed by atoms with Crippen molar-refractivity contribution in [1.29, 1.82) is 0 Å². The third-order valence-corrected chi connectivity index (χ3v) is 7.66. The fourth-order valence-electron chi connectivity index (χ4n) is 1.77. The summed E-state index contributed by atoms with van der Waals surface area (Å²) in [6.07, 6.45) is 0. The first kappa shape index (κ1) is 13.2. The van der Waals surface area contributed by atoms with Crippen LogP contribution in [0, 0.1) is 0 Å². The van der Waals surface area contributed by atoms with Crippen molar-refractivity contribution in [3.05, 3.63) is 42.0 Å². The van der Waals surface area contributed by atoms with Gasteiger partial charge < -0.3 is 0 Å². The predicted octanol–water partition coefficient (Wildman–Crippen LogP) is 4.16. The van der Waals surface area contributed by atoms with Gasteiger partial charge in [0.2, 0.25) is 0 Å². The molecule has 0 spiro atoms. The maximum atomic E-state index is 11.2. The maximum absolute atomic E-state index is 11.2. The molecule has 0 radical (unpaired) electrons. The minimum absolute atomic E-state index is 0.121. The van der Waals surface area contributed by atoms with Crippen molar-refractivity contribution in [2.75, 3.05) is 0 Å². The van der Waals surface area contributed by atoms with Crippen LogP contribution in [0.1, 0.15) is 17.3 Å². The molecule has 3 heteroatoms. The molecule has 0 aliphatic rings. The smallest absolute Gasteiger partial charge is 0.159 e. The summed E-state index contributed by atoms with van der Waals surface area (Å²) >= 11 is 1.88. The Kier molecular flexibility index (Phi) is 3.55. The fourth-order valence-corrected chi connectivity index (χ4v) is 4.67. The zero-order chi connectivity index (χ0) is 13.3. The molecular formula is C15H18OSSi. The van der Waals surface area contributed by atoms with E-state index in [0.29, 0.717) is 0 Å². The van der Waals surface area contributed by atoms with Gasteiger partial charge in [-0.1, -0.05) is 50.0 Å². The molecule has 0 aliphatic heterocycles. The van der Waals surface area contributed by atoms with Crippen molar-refractivity contribution >= 4 is 29.7 Å². The molecule has 0 amide bonds. The van der Waals surface area contributed by atoms with Crippen LogP contribution in [0.3, 0.4) is 0 Å². The van der Waals surface area contributed by atoms with Gasteiger partial charge in [0.05, 0.1) is 8.07 Å². The van der Waals surface area contributed by atoms with Gasteiger partial charge in [-0.05, 0) is 23.1 Å². The van der Waals surface area contributed by atoms with E-state index in [4.69, 9.17) is 0 Å². The Morgan fingerprint density at radius 1 is 1.00 bits per heavy atom. The number of rotatable bonds is 3. The first-order chi connectivity index (χ1) is 8.38. The summed E-state index contributed by atoms with van der Waals surface area (Å²) in [6.45, 7) is 8.69. The number of ketones is 1. The number of Topliss-reactive ketones (excluding diaryl/α,β-unsaturated/α-hetero) is 1. The van der Waals surface area contributed by atoms with Gasteiger partial charge in [0.1, 0.15) is 0 Å². The number of benzene rings is 1. The van der Waals surface area contributed by atoms with E-state index in [0.717, 1.165) is 5.56 Å². The van der Waals surface area contributed by atoms with Crippen molar-refractivity contribution in [3.63, 3.8) is 0 Å². The monoisotopic (exact) mass is 274 g/mol.